The van der Waals surface area contributed by atoms with Gasteiger partial charge in [-0.2, -0.15) is 0 Å². The number of benzene rings is 2. The van der Waals surface area contributed by atoms with Gasteiger partial charge in [0.15, 0.2) is 11.5 Å². The Morgan fingerprint density at radius 3 is 2.53 bits per heavy atom. The number of imide groups is 1. The Morgan fingerprint density at radius 2 is 1.84 bits per heavy atom. The van der Waals surface area contributed by atoms with Gasteiger partial charge in [-0.1, -0.05) is 25.0 Å². The first-order valence-corrected chi connectivity index (χ1v) is 14.0. The fraction of sp³-hybridized carbons (Fsp3) is 0.333. The van der Waals surface area contributed by atoms with Gasteiger partial charge in [-0.3, -0.25) is 19.3 Å². The lowest BCUT2D eigenvalue weighted by Gasteiger charge is -2.22. The third-order valence-electron chi connectivity index (χ3n) is 6.23. The van der Waals surface area contributed by atoms with Crippen LogP contribution in [0, 0.1) is 3.57 Å². The smallest absolute Gasteiger partial charge is 0.335 e. The third-order valence-corrected chi connectivity index (χ3v) is 7.94. The zero-order chi connectivity index (χ0) is 27.2. The fourth-order valence-electron chi connectivity index (χ4n) is 4.26. The molecule has 4 rings (SSSR count). The fourth-order valence-corrected chi connectivity index (χ4v) is 5.88. The predicted octanol–water partition coefficient (Wildman–Crippen LogP) is 5.02. The van der Waals surface area contributed by atoms with Crippen molar-refractivity contribution < 1.29 is 33.8 Å². The minimum absolute atomic E-state index is 0.136. The van der Waals surface area contributed by atoms with E-state index in [0.717, 1.165) is 42.3 Å². The number of rotatable bonds is 8. The van der Waals surface area contributed by atoms with Crippen molar-refractivity contribution in [2.75, 3.05) is 26.7 Å². The van der Waals surface area contributed by atoms with Crippen LogP contribution in [0.25, 0.3) is 6.08 Å². The van der Waals surface area contributed by atoms with Crippen molar-refractivity contribution in [3.05, 3.63) is 61.6 Å². The molecular weight excluding hydrogens is 623 g/mol. The van der Waals surface area contributed by atoms with Crippen LogP contribution in [0.2, 0.25) is 0 Å². The molecule has 0 aromatic heterocycles. The number of carboxylic acids is 1. The van der Waals surface area contributed by atoms with Crippen molar-refractivity contribution >= 4 is 63.5 Å². The molecule has 0 atom stereocenters. The van der Waals surface area contributed by atoms with Crippen LogP contribution in [0.5, 0.6) is 11.5 Å². The van der Waals surface area contributed by atoms with Crippen molar-refractivity contribution in [2.24, 2.45) is 0 Å². The minimum atomic E-state index is -1.01. The van der Waals surface area contributed by atoms with Gasteiger partial charge in [0.05, 0.1) is 21.1 Å². The molecule has 0 bridgehead atoms. The molecule has 0 unspecified atom stereocenters. The molecule has 2 aromatic rings. The Hall–Kier alpha value is -3.06. The molecule has 2 saturated heterocycles. The Kier molecular flexibility index (Phi) is 9.31. The van der Waals surface area contributed by atoms with E-state index in [0.29, 0.717) is 39.3 Å². The highest BCUT2D eigenvalue weighted by Crippen LogP contribution is 2.37. The van der Waals surface area contributed by atoms with E-state index in [1.54, 1.807) is 41.3 Å². The maximum atomic E-state index is 13.0. The Bertz CT molecular complexity index is 1290. The second kappa shape index (κ2) is 12.7. The molecule has 1 N–H and O–H groups in total. The van der Waals surface area contributed by atoms with E-state index in [2.05, 4.69) is 22.6 Å². The van der Waals surface area contributed by atoms with Crippen LogP contribution in [0.3, 0.4) is 0 Å². The highest BCUT2D eigenvalue weighted by atomic mass is 127. The summed E-state index contributed by atoms with van der Waals surface area (Å²) in [5, 5.41) is 8.73. The number of thioether (sulfide) groups is 1. The molecule has 2 heterocycles. The quantitative estimate of drug-likeness (QED) is 0.313. The molecule has 0 saturated carbocycles. The van der Waals surface area contributed by atoms with Crippen LogP contribution < -0.4 is 9.47 Å². The van der Waals surface area contributed by atoms with Gasteiger partial charge in [-0.15, -0.1) is 0 Å². The molecule has 2 fully saturated rings. The second-order valence-corrected chi connectivity index (χ2v) is 11.0. The summed E-state index contributed by atoms with van der Waals surface area (Å²) in [5.41, 5.74) is 1.50. The van der Waals surface area contributed by atoms with Crippen molar-refractivity contribution in [2.45, 2.75) is 32.3 Å². The van der Waals surface area contributed by atoms with E-state index >= 15 is 0 Å². The number of nitrogens with zero attached hydrogens (tertiary/aromatic N) is 2. The number of hydrogen-bond donors (Lipinski definition) is 1. The van der Waals surface area contributed by atoms with Gasteiger partial charge in [0, 0.05) is 13.1 Å². The maximum absolute atomic E-state index is 13.0. The van der Waals surface area contributed by atoms with Crippen LogP contribution in [0.4, 0.5) is 4.79 Å². The van der Waals surface area contributed by atoms with Crippen LogP contribution in [-0.2, 0) is 16.2 Å². The topological polar surface area (TPSA) is 113 Å². The second-order valence-electron chi connectivity index (χ2n) is 8.89. The van der Waals surface area contributed by atoms with Crippen LogP contribution >= 0.6 is 34.4 Å². The molecule has 0 spiro atoms. The van der Waals surface area contributed by atoms with Crippen LogP contribution in [-0.4, -0.2) is 64.7 Å². The average molecular weight is 650 g/mol. The van der Waals surface area contributed by atoms with Gasteiger partial charge in [0.2, 0.25) is 5.91 Å². The van der Waals surface area contributed by atoms with Crippen LogP contribution in [0.15, 0.2) is 41.3 Å². The number of amides is 3. The summed E-state index contributed by atoms with van der Waals surface area (Å²) in [4.78, 5) is 52.5. The number of aromatic carboxylic acids is 1. The van der Waals surface area contributed by atoms with E-state index in [1.165, 1.54) is 13.2 Å². The minimum Gasteiger partial charge on any atom is -0.493 e. The lowest BCUT2D eigenvalue weighted by molar-refractivity contribution is -0.135. The molecule has 3 amide bonds. The Morgan fingerprint density at radius 1 is 1.11 bits per heavy atom. The van der Waals surface area contributed by atoms with Gasteiger partial charge in [-0.25, -0.2) is 4.79 Å². The molecule has 9 nitrogen and oxygen atoms in total. The molecule has 2 aliphatic heterocycles. The highest BCUT2D eigenvalue weighted by molar-refractivity contribution is 14.1. The summed E-state index contributed by atoms with van der Waals surface area (Å²) in [6.07, 6.45) is 5.63. The highest BCUT2D eigenvalue weighted by Gasteiger charge is 2.37. The first-order valence-electron chi connectivity index (χ1n) is 12.1. The number of likely N-dealkylation sites (tertiary alicyclic amines) is 1. The monoisotopic (exact) mass is 650 g/mol. The molecule has 38 heavy (non-hydrogen) atoms. The van der Waals surface area contributed by atoms with Gasteiger partial charge in [-0.05, 0) is 88.7 Å². The van der Waals surface area contributed by atoms with Crippen molar-refractivity contribution in [3.8, 4) is 11.5 Å². The maximum Gasteiger partial charge on any atom is 0.335 e. The zero-order valence-electron chi connectivity index (χ0n) is 20.8. The Balaban J connectivity index is 1.47. The molecule has 0 aliphatic carbocycles. The molecule has 0 radical (unpaired) electrons. The first kappa shape index (κ1) is 28.0. The summed E-state index contributed by atoms with van der Waals surface area (Å²) < 4.78 is 12.2. The number of hydrogen-bond acceptors (Lipinski definition) is 7. The van der Waals surface area contributed by atoms with E-state index < -0.39 is 17.1 Å². The normalized spacial score (nSPS) is 17.1. The predicted molar refractivity (Wildman–Crippen MR) is 151 cm³/mol. The Labute approximate surface area is 238 Å². The van der Waals surface area contributed by atoms with Crippen molar-refractivity contribution in [3.63, 3.8) is 0 Å². The summed E-state index contributed by atoms with van der Waals surface area (Å²) >= 11 is 2.90. The number of halogens is 1. The molecule has 2 aliphatic rings. The van der Waals surface area contributed by atoms with E-state index in [4.69, 9.17) is 9.47 Å². The van der Waals surface area contributed by atoms with Gasteiger partial charge in [0.25, 0.3) is 11.1 Å². The molecule has 11 heteroatoms. The van der Waals surface area contributed by atoms with Gasteiger partial charge >= 0.3 is 5.97 Å². The third kappa shape index (κ3) is 6.68. The van der Waals surface area contributed by atoms with Gasteiger partial charge < -0.3 is 19.5 Å². The summed E-state index contributed by atoms with van der Waals surface area (Å²) in [6.45, 7) is 1.19. The zero-order valence-corrected chi connectivity index (χ0v) is 23.7. The first-order chi connectivity index (χ1) is 18.3. The molecule has 2 aromatic carbocycles. The summed E-state index contributed by atoms with van der Waals surface area (Å²) in [5.74, 6) is -0.813. The largest absolute Gasteiger partial charge is 0.493 e. The van der Waals surface area contributed by atoms with E-state index in [1.807, 2.05) is 0 Å². The van der Waals surface area contributed by atoms with Gasteiger partial charge in [0.1, 0.15) is 13.2 Å². The standard InChI is InChI=1S/C27H27IN2O7S/c1-36-21-13-18(12-20(28)24(21)37-16-17-7-6-8-19(11-17)26(33)34)14-22-25(32)30(27(35)38-22)15-23(31)29-9-4-2-3-5-10-29/h6-8,11-14H,2-5,9-10,15-16H2,1H3,(H,33,34). The van der Waals surface area contributed by atoms with Crippen LogP contribution in [0.1, 0.15) is 47.2 Å². The summed E-state index contributed by atoms with van der Waals surface area (Å²) in [7, 11) is 1.50. The summed E-state index contributed by atoms with van der Waals surface area (Å²) in [6, 6.07) is 9.97. The SMILES string of the molecule is COc1cc(C=C2SC(=O)N(CC(=O)N3CCCCCC3)C2=O)cc(I)c1OCc1cccc(C(=O)O)c1. The van der Waals surface area contributed by atoms with E-state index in [-0.39, 0.29) is 29.5 Å². The van der Waals surface area contributed by atoms with E-state index in [9.17, 15) is 24.3 Å². The molecule has 200 valence electrons. The van der Waals surface area contributed by atoms with Crippen molar-refractivity contribution in [1.29, 1.82) is 0 Å². The number of carbonyl (C=O) groups excluding carboxylic acids is 3. The number of carboxylic acid groups (broad SMARTS) is 1. The lowest BCUT2D eigenvalue weighted by atomic mass is 10.1. The van der Waals surface area contributed by atoms with Crippen molar-refractivity contribution in [1.82, 2.24) is 9.80 Å². The number of methoxy groups -OCH3 is 1. The molecular formula is C27H27IN2O7S. The number of ether oxygens (including phenoxy) is 2. The number of carbonyl (C=O) groups is 4. The lowest BCUT2D eigenvalue weighted by Crippen LogP contribution is -2.42. The average Bonchev–Trinajstić information content (AvgIpc) is 3.08.